The van der Waals surface area contributed by atoms with Crippen molar-refractivity contribution in [3.8, 4) is 11.4 Å². The minimum Gasteiger partial charge on any atom is -0.349 e. The molecule has 0 aromatic carbocycles. The number of hydrogen-bond donors (Lipinski definition) is 1. The molecule has 3 amide bonds. The van der Waals surface area contributed by atoms with Crippen LogP contribution in [0.2, 0.25) is 0 Å². The first kappa shape index (κ1) is 18.2. The SMILES string of the molecule is C=CCn1c(SC2=N[C@H]3[C@@H](N2)C(=O)N(C)C(=O)N3C)nnc1-c1cccnc1. The maximum absolute atomic E-state index is 12.4. The van der Waals surface area contributed by atoms with Gasteiger partial charge in [-0.1, -0.05) is 6.08 Å². The van der Waals surface area contributed by atoms with Gasteiger partial charge >= 0.3 is 6.03 Å². The summed E-state index contributed by atoms with van der Waals surface area (Å²) in [6.45, 7) is 4.30. The quantitative estimate of drug-likeness (QED) is 0.759. The van der Waals surface area contributed by atoms with Crippen molar-refractivity contribution in [3.63, 3.8) is 0 Å². The van der Waals surface area contributed by atoms with E-state index in [2.05, 4.69) is 32.1 Å². The summed E-state index contributed by atoms with van der Waals surface area (Å²) in [4.78, 5) is 35.7. The third-order valence-electron chi connectivity index (χ3n) is 4.54. The van der Waals surface area contributed by atoms with E-state index >= 15 is 0 Å². The van der Waals surface area contributed by atoms with E-state index < -0.39 is 12.2 Å². The Balaban J connectivity index is 1.62. The number of imide groups is 1. The molecule has 0 aliphatic carbocycles. The smallest absolute Gasteiger partial charge is 0.328 e. The van der Waals surface area contributed by atoms with Gasteiger partial charge < -0.3 is 10.2 Å². The normalized spacial score (nSPS) is 21.4. The number of aromatic nitrogens is 4. The maximum Gasteiger partial charge on any atom is 0.328 e. The van der Waals surface area contributed by atoms with Gasteiger partial charge in [-0.15, -0.1) is 16.8 Å². The average Bonchev–Trinajstić information content (AvgIpc) is 3.31. The topological polar surface area (TPSA) is 109 Å². The molecule has 144 valence electrons. The van der Waals surface area contributed by atoms with Crippen LogP contribution in [0.25, 0.3) is 11.4 Å². The standard InChI is InChI=1S/C17H18N8O2S/c1-4-8-25-12(10-6-5-7-18-9-10)21-22-16(25)28-15-19-11-13(20-15)23(2)17(27)24(3)14(11)26/h4-7,9,11,13H,1,8H2,2-3H3,(H,19,20)/t11-,13-/m1/s1. The van der Waals surface area contributed by atoms with Gasteiger partial charge in [0.05, 0.1) is 0 Å². The van der Waals surface area contributed by atoms with E-state index in [-0.39, 0.29) is 11.9 Å². The molecule has 11 heteroatoms. The second-order valence-corrected chi connectivity index (χ2v) is 7.27. The van der Waals surface area contributed by atoms with Crippen LogP contribution < -0.4 is 5.32 Å². The number of fused-ring (bicyclic) bond motifs is 1. The van der Waals surface area contributed by atoms with Crippen LogP contribution in [0.1, 0.15) is 0 Å². The summed E-state index contributed by atoms with van der Waals surface area (Å²) >= 11 is 1.26. The fourth-order valence-electron chi connectivity index (χ4n) is 3.10. The molecule has 2 aromatic heterocycles. The fourth-order valence-corrected chi connectivity index (χ4v) is 3.97. The maximum atomic E-state index is 12.4. The third kappa shape index (κ3) is 2.93. The average molecular weight is 398 g/mol. The summed E-state index contributed by atoms with van der Waals surface area (Å²) < 4.78 is 1.89. The van der Waals surface area contributed by atoms with Crippen molar-refractivity contribution in [1.29, 1.82) is 0 Å². The van der Waals surface area contributed by atoms with Crippen molar-refractivity contribution in [2.75, 3.05) is 14.1 Å². The first-order chi connectivity index (χ1) is 13.5. The number of nitrogens with one attached hydrogen (secondary N) is 1. The molecule has 0 radical (unpaired) electrons. The number of aliphatic imine (C=N–C) groups is 1. The van der Waals surface area contributed by atoms with Crippen LogP contribution in [-0.4, -0.2) is 73.0 Å². The highest BCUT2D eigenvalue weighted by Crippen LogP contribution is 2.28. The number of likely N-dealkylation sites (N-methyl/N-ethyl adjacent to an activating group) is 2. The Morgan fingerprint density at radius 1 is 1.32 bits per heavy atom. The van der Waals surface area contributed by atoms with Crippen molar-refractivity contribution in [2.24, 2.45) is 4.99 Å². The lowest BCUT2D eigenvalue weighted by atomic mass is 10.1. The van der Waals surface area contributed by atoms with Crippen LogP contribution in [0.15, 0.2) is 47.3 Å². The molecule has 10 nitrogen and oxygen atoms in total. The van der Waals surface area contributed by atoms with Gasteiger partial charge in [0.1, 0.15) is 6.04 Å². The number of amidine groups is 1. The number of nitrogens with zero attached hydrogens (tertiary/aromatic N) is 7. The van der Waals surface area contributed by atoms with Crippen molar-refractivity contribution < 1.29 is 9.59 Å². The number of amides is 3. The van der Waals surface area contributed by atoms with Crippen LogP contribution in [0.3, 0.4) is 0 Å². The molecule has 1 N–H and O–H groups in total. The van der Waals surface area contributed by atoms with Crippen LogP contribution in [0.4, 0.5) is 4.79 Å². The largest absolute Gasteiger partial charge is 0.349 e. The number of thioether (sulfide) groups is 1. The number of urea groups is 1. The zero-order valence-electron chi connectivity index (χ0n) is 15.3. The molecule has 0 bridgehead atoms. The summed E-state index contributed by atoms with van der Waals surface area (Å²) in [6.07, 6.45) is 4.58. The van der Waals surface area contributed by atoms with E-state index in [4.69, 9.17) is 0 Å². The Labute approximate surface area is 165 Å². The van der Waals surface area contributed by atoms with Crippen molar-refractivity contribution >= 4 is 28.9 Å². The summed E-state index contributed by atoms with van der Waals surface area (Å²) in [5.74, 6) is 0.352. The zero-order chi connectivity index (χ0) is 19.8. The van der Waals surface area contributed by atoms with E-state index in [1.165, 1.54) is 23.7 Å². The van der Waals surface area contributed by atoms with Gasteiger partial charge in [-0.25, -0.2) is 9.79 Å². The van der Waals surface area contributed by atoms with Gasteiger partial charge in [0.2, 0.25) is 0 Å². The lowest BCUT2D eigenvalue weighted by molar-refractivity contribution is -0.133. The molecule has 1 saturated heterocycles. The lowest BCUT2D eigenvalue weighted by Crippen LogP contribution is -2.63. The van der Waals surface area contributed by atoms with Gasteiger partial charge in [-0.05, 0) is 23.9 Å². The molecule has 1 fully saturated rings. The van der Waals surface area contributed by atoms with E-state index in [0.29, 0.717) is 22.7 Å². The van der Waals surface area contributed by atoms with Gasteiger partial charge in [-0.3, -0.25) is 19.2 Å². The molecule has 0 saturated carbocycles. The number of rotatable bonds is 4. The van der Waals surface area contributed by atoms with Crippen LogP contribution in [0, 0.1) is 0 Å². The number of carbonyl (C=O) groups excluding carboxylic acids is 2. The van der Waals surface area contributed by atoms with Crippen LogP contribution >= 0.6 is 11.8 Å². The van der Waals surface area contributed by atoms with Gasteiger partial charge in [-0.2, -0.15) is 0 Å². The summed E-state index contributed by atoms with van der Waals surface area (Å²) in [7, 11) is 3.09. The van der Waals surface area contributed by atoms with Crippen molar-refractivity contribution in [2.45, 2.75) is 23.9 Å². The van der Waals surface area contributed by atoms with Crippen molar-refractivity contribution in [3.05, 3.63) is 37.2 Å². The second kappa shape index (κ2) is 7.08. The molecular weight excluding hydrogens is 380 g/mol. The Morgan fingerprint density at radius 2 is 2.14 bits per heavy atom. The van der Waals surface area contributed by atoms with Crippen LogP contribution in [0.5, 0.6) is 0 Å². The van der Waals surface area contributed by atoms with Gasteiger partial charge in [0.15, 0.2) is 22.3 Å². The highest BCUT2D eigenvalue weighted by atomic mass is 32.2. The van der Waals surface area contributed by atoms with Crippen molar-refractivity contribution in [1.82, 2.24) is 34.9 Å². The molecule has 4 rings (SSSR count). The van der Waals surface area contributed by atoms with Crippen LogP contribution in [-0.2, 0) is 11.3 Å². The minimum atomic E-state index is -0.608. The van der Waals surface area contributed by atoms with Gasteiger partial charge in [0.25, 0.3) is 5.91 Å². The number of pyridine rings is 1. The predicted molar refractivity (Wildman–Crippen MR) is 103 cm³/mol. The zero-order valence-corrected chi connectivity index (χ0v) is 16.1. The van der Waals surface area contributed by atoms with E-state index in [1.54, 1.807) is 25.5 Å². The molecule has 0 unspecified atom stereocenters. The van der Waals surface area contributed by atoms with E-state index in [1.807, 2.05) is 16.7 Å². The lowest BCUT2D eigenvalue weighted by Gasteiger charge is -2.36. The number of carbonyl (C=O) groups is 2. The minimum absolute atomic E-state index is 0.309. The molecule has 2 aliphatic rings. The summed E-state index contributed by atoms with van der Waals surface area (Å²) in [5.41, 5.74) is 0.834. The summed E-state index contributed by atoms with van der Waals surface area (Å²) in [5, 5.41) is 12.7. The first-order valence-corrected chi connectivity index (χ1v) is 9.34. The predicted octanol–water partition coefficient (Wildman–Crippen LogP) is 0.796. The fraction of sp³-hybridized carbons (Fsp3) is 0.294. The first-order valence-electron chi connectivity index (χ1n) is 8.52. The Hall–Kier alpha value is -3.21. The number of hydrogen-bond acceptors (Lipinski definition) is 8. The Kier molecular flexibility index (Phi) is 4.59. The monoisotopic (exact) mass is 398 g/mol. The van der Waals surface area contributed by atoms with Gasteiger partial charge in [0, 0.05) is 38.6 Å². The molecule has 2 aromatic rings. The second-order valence-electron chi connectivity index (χ2n) is 6.31. The number of allylic oxidation sites excluding steroid dienone is 1. The highest BCUT2D eigenvalue weighted by molar-refractivity contribution is 8.13. The Bertz CT molecular complexity index is 973. The molecule has 4 heterocycles. The molecular formula is C17H18N8O2S. The summed E-state index contributed by atoms with van der Waals surface area (Å²) in [6, 6.07) is 2.75. The molecule has 2 aliphatic heterocycles. The molecule has 28 heavy (non-hydrogen) atoms. The highest BCUT2D eigenvalue weighted by Gasteiger charge is 2.47. The molecule has 2 atom stereocenters. The molecule has 0 spiro atoms. The third-order valence-corrected chi connectivity index (χ3v) is 5.45. The Morgan fingerprint density at radius 3 is 2.86 bits per heavy atom. The van der Waals surface area contributed by atoms with E-state index in [9.17, 15) is 9.59 Å². The van der Waals surface area contributed by atoms with E-state index in [0.717, 1.165) is 10.5 Å².